The maximum Gasteiger partial charge on any atom is 0.102 e. The number of pyridine rings is 1. The number of nitrogens with zero attached hydrogens (tertiary/aromatic N) is 3. The molecule has 5 rings (SSSR count). The van der Waals surface area contributed by atoms with Crippen molar-refractivity contribution in [2.45, 2.75) is 13.3 Å². The van der Waals surface area contributed by atoms with Gasteiger partial charge in [-0.3, -0.25) is 4.98 Å². The van der Waals surface area contributed by atoms with Crippen molar-refractivity contribution in [3.63, 3.8) is 0 Å². The molecule has 0 spiro atoms. The molecule has 0 saturated carbocycles. The van der Waals surface area contributed by atoms with E-state index in [1.807, 2.05) is 41.2 Å². The van der Waals surface area contributed by atoms with Gasteiger partial charge in [0, 0.05) is 27.0 Å². The van der Waals surface area contributed by atoms with Gasteiger partial charge in [-0.15, -0.1) is 0 Å². The van der Waals surface area contributed by atoms with Crippen LogP contribution in [0.4, 0.5) is 0 Å². The van der Waals surface area contributed by atoms with Crippen molar-refractivity contribution >= 4 is 37.7 Å². The van der Waals surface area contributed by atoms with Crippen molar-refractivity contribution in [1.29, 1.82) is 0 Å². The van der Waals surface area contributed by atoms with E-state index in [0.717, 1.165) is 49.6 Å². The highest BCUT2D eigenvalue weighted by molar-refractivity contribution is 9.10. The van der Waals surface area contributed by atoms with E-state index in [1.54, 1.807) is 0 Å². The summed E-state index contributed by atoms with van der Waals surface area (Å²) in [6.07, 6.45) is 2.94. The number of halogens is 1. The van der Waals surface area contributed by atoms with Gasteiger partial charge in [0.25, 0.3) is 0 Å². The van der Waals surface area contributed by atoms with Gasteiger partial charge in [0.05, 0.1) is 16.7 Å². The van der Waals surface area contributed by atoms with Crippen molar-refractivity contribution in [3.05, 3.63) is 89.0 Å². The molecule has 2 aromatic heterocycles. The number of hydrogen-bond acceptors (Lipinski definition) is 2. The summed E-state index contributed by atoms with van der Waals surface area (Å²) in [7, 11) is 0. The Balaban J connectivity index is 1.91. The zero-order chi connectivity index (χ0) is 19.1. The van der Waals surface area contributed by atoms with Crippen LogP contribution >= 0.6 is 15.9 Å². The first kappa shape index (κ1) is 17.1. The zero-order valence-electron chi connectivity index (χ0n) is 15.4. The molecule has 0 aliphatic heterocycles. The second-order valence-corrected chi connectivity index (χ2v) is 7.74. The van der Waals surface area contributed by atoms with Crippen LogP contribution in [-0.4, -0.2) is 14.8 Å². The van der Waals surface area contributed by atoms with Crippen LogP contribution in [0.25, 0.3) is 38.8 Å². The molecule has 0 radical (unpaired) electrons. The predicted molar refractivity (Wildman–Crippen MR) is 119 cm³/mol. The highest BCUT2D eigenvalue weighted by Gasteiger charge is 2.17. The Morgan fingerprint density at radius 1 is 0.893 bits per heavy atom. The van der Waals surface area contributed by atoms with Crippen LogP contribution in [0.5, 0.6) is 0 Å². The van der Waals surface area contributed by atoms with Crippen LogP contribution in [0.1, 0.15) is 12.5 Å². The molecule has 0 fully saturated rings. The van der Waals surface area contributed by atoms with E-state index in [2.05, 4.69) is 65.3 Å². The van der Waals surface area contributed by atoms with Gasteiger partial charge in [-0.05, 0) is 48.4 Å². The predicted octanol–water partition coefficient (Wildman–Crippen LogP) is 6.57. The lowest BCUT2D eigenvalue weighted by molar-refractivity contribution is 0.917. The third-order valence-corrected chi connectivity index (χ3v) is 5.63. The van der Waals surface area contributed by atoms with E-state index in [-0.39, 0.29) is 0 Å². The smallest absolute Gasteiger partial charge is 0.102 e. The molecular weight excluding hydrogens is 410 g/mol. The average Bonchev–Trinajstić information content (AvgIpc) is 3.14. The van der Waals surface area contributed by atoms with Gasteiger partial charge in [0.2, 0.25) is 0 Å². The van der Waals surface area contributed by atoms with E-state index in [9.17, 15) is 0 Å². The second-order valence-electron chi connectivity index (χ2n) is 6.83. The SMILES string of the molecule is CCc1ccc2ncc3c(-c4ccccc4)nn(-c4ccc(Br)cc4)c3c2c1. The lowest BCUT2D eigenvalue weighted by Gasteiger charge is -2.07. The molecule has 3 aromatic carbocycles. The minimum absolute atomic E-state index is 0.954. The van der Waals surface area contributed by atoms with Gasteiger partial charge in [0.1, 0.15) is 5.69 Å². The first-order valence-electron chi connectivity index (χ1n) is 9.36. The highest BCUT2D eigenvalue weighted by atomic mass is 79.9. The summed E-state index contributed by atoms with van der Waals surface area (Å²) in [4.78, 5) is 4.73. The normalized spacial score (nSPS) is 11.4. The summed E-state index contributed by atoms with van der Waals surface area (Å²) in [5.74, 6) is 0. The van der Waals surface area contributed by atoms with Crippen LogP contribution < -0.4 is 0 Å². The third kappa shape index (κ3) is 2.81. The van der Waals surface area contributed by atoms with Gasteiger partial charge in [-0.25, -0.2) is 4.68 Å². The molecule has 0 aliphatic carbocycles. The van der Waals surface area contributed by atoms with Gasteiger partial charge in [-0.2, -0.15) is 5.10 Å². The molecular formula is C24H18BrN3. The molecule has 0 aliphatic rings. The van der Waals surface area contributed by atoms with Crippen molar-refractivity contribution in [2.24, 2.45) is 0 Å². The maximum absolute atomic E-state index is 5.03. The summed E-state index contributed by atoms with van der Waals surface area (Å²) in [6, 6.07) is 25.1. The molecule has 28 heavy (non-hydrogen) atoms. The standard InChI is InChI=1S/C24H18BrN3/c1-2-16-8-13-22-20(14-16)24-21(15-26-22)23(17-6-4-3-5-7-17)27-28(24)19-11-9-18(25)10-12-19/h3-15H,2H2,1H3. The van der Waals surface area contributed by atoms with Crippen LogP contribution in [0.3, 0.4) is 0 Å². The zero-order valence-corrected chi connectivity index (χ0v) is 17.0. The van der Waals surface area contributed by atoms with E-state index in [4.69, 9.17) is 10.1 Å². The van der Waals surface area contributed by atoms with Crippen molar-refractivity contribution < 1.29 is 0 Å². The van der Waals surface area contributed by atoms with Crippen molar-refractivity contribution in [3.8, 4) is 16.9 Å². The third-order valence-electron chi connectivity index (χ3n) is 5.10. The summed E-state index contributed by atoms with van der Waals surface area (Å²) in [5, 5.41) is 7.22. The highest BCUT2D eigenvalue weighted by Crippen LogP contribution is 2.34. The van der Waals surface area contributed by atoms with Gasteiger partial charge < -0.3 is 0 Å². The van der Waals surface area contributed by atoms with E-state index >= 15 is 0 Å². The first-order valence-corrected chi connectivity index (χ1v) is 10.2. The number of fused-ring (bicyclic) bond motifs is 3. The maximum atomic E-state index is 5.03. The number of aryl methyl sites for hydroxylation is 1. The Morgan fingerprint density at radius 2 is 1.68 bits per heavy atom. The van der Waals surface area contributed by atoms with Crippen LogP contribution in [0.2, 0.25) is 0 Å². The molecule has 0 saturated heterocycles. The fraction of sp³-hybridized carbons (Fsp3) is 0.0833. The van der Waals surface area contributed by atoms with E-state index in [1.165, 1.54) is 5.56 Å². The van der Waals surface area contributed by atoms with Crippen LogP contribution in [0.15, 0.2) is 83.5 Å². The van der Waals surface area contributed by atoms with Gasteiger partial charge >= 0.3 is 0 Å². The molecule has 2 heterocycles. The quantitative estimate of drug-likeness (QED) is 0.326. The Kier molecular flexibility index (Phi) is 4.21. The molecule has 0 unspecified atom stereocenters. The minimum atomic E-state index is 0.954. The second kappa shape index (κ2) is 6.88. The molecule has 0 amide bonds. The molecule has 5 aromatic rings. The van der Waals surface area contributed by atoms with E-state index < -0.39 is 0 Å². The lowest BCUT2D eigenvalue weighted by Crippen LogP contribution is -1.97. The molecule has 4 heteroatoms. The Bertz CT molecular complexity index is 1290. The Morgan fingerprint density at radius 3 is 2.43 bits per heavy atom. The lowest BCUT2D eigenvalue weighted by atomic mass is 10.0. The fourth-order valence-electron chi connectivity index (χ4n) is 3.63. The molecule has 0 atom stereocenters. The van der Waals surface area contributed by atoms with Gasteiger partial charge in [0.15, 0.2) is 0 Å². The number of benzene rings is 3. The summed E-state index contributed by atoms with van der Waals surface area (Å²) in [6.45, 7) is 2.18. The van der Waals surface area contributed by atoms with Crippen LogP contribution in [0, 0.1) is 0 Å². The van der Waals surface area contributed by atoms with Gasteiger partial charge in [-0.1, -0.05) is 59.3 Å². The molecule has 0 N–H and O–H groups in total. The van der Waals surface area contributed by atoms with Crippen LogP contribution in [-0.2, 0) is 6.42 Å². The molecule has 136 valence electrons. The van der Waals surface area contributed by atoms with Crippen molar-refractivity contribution in [2.75, 3.05) is 0 Å². The first-order chi connectivity index (χ1) is 13.7. The molecule has 0 bridgehead atoms. The Hall–Kier alpha value is -2.98. The summed E-state index contributed by atoms with van der Waals surface area (Å²) >= 11 is 3.53. The monoisotopic (exact) mass is 427 g/mol. The Labute approximate surface area is 171 Å². The number of hydrogen-bond donors (Lipinski definition) is 0. The summed E-state index contributed by atoms with van der Waals surface area (Å²) in [5.41, 5.74) is 6.46. The fourth-order valence-corrected chi connectivity index (χ4v) is 3.89. The van der Waals surface area contributed by atoms with Crippen molar-refractivity contribution in [1.82, 2.24) is 14.8 Å². The number of aromatic nitrogens is 3. The number of rotatable bonds is 3. The van der Waals surface area contributed by atoms with E-state index in [0.29, 0.717) is 0 Å². The molecule has 3 nitrogen and oxygen atoms in total. The average molecular weight is 428 g/mol. The topological polar surface area (TPSA) is 30.7 Å². The largest absolute Gasteiger partial charge is 0.255 e. The minimum Gasteiger partial charge on any atom is -0.255 e. The summed E-state index contributed by atoms with van der Waals surface area (Å²) < 4.78 is 3.10.